The first-order valence-electron chi connectivity index (χ1n) is 9.39. The van der Waals surface area contributed by atoms with Gasteiger partial charge in [-0.1, -0.05) is 40.2 Å². The topological polar surface area (TPSA) is 70.8 Å². The second kappa shape index (κ2) is 6.85. The van der Waals surface area contributed by atoms with E-state index in [-0.39, 0.29) is 22.8 Å². The highest BCUT2D eigenvalue weighted by molar-refractivity contribution is 9.10. The molecule has 1 amide bonds. The molecule has 1 atom stereocenters. The highest BCUT2D eigenvalue weighted by Crippen LogP contribution is 2.41. The third-order valence-corrected chi connectivity index (χ3v) is 5.81. The lowest BCUT2D eigenvalue weighted by molar-refractivity contribution is 0.0971. The van der Waals surface area contributed by atoms with E-state index in [0.717, 1.165) is 10.0 Å². The lowest BCUT2D eigenvalue weighted by Crippen LogP contribution is -2.29. The van der Waals surface area contributed by atoms with Crippen LogP contribution in [0.4, 0.5) is 5.69 Å². The second-order valence-electron chi connectivity index (χ2n) is 7.32. The molecular weight excluding hydrogens is 446 g/mol. The summed E-state index contributed by atoms with van der Waals surface area (Å²) >= 11 is 3.40. The highest BCUT2D eigenvalue weighted by Gasteiger charge is 2.43. The first-order chi connectivity index (χ1) is 14.4. The normalized spacial score (nSPS) is 15.6. The summed E-state index contributed by atoms with van der Waals surface area (Å²) in [7, 11) is 0. The minimum absolute atomic E-state index is 0.0504. The van der Waals surface area contributed by atoms with Crippen LogP contribution in [0.2, 0.25) is 0 Å². The quantitative estimate of drug-likeness (QED) is 0.438. The zero-order chi connectivity index (χ0) is 21.0. The number of amides is 1. The molecular formula is C24H16BrNO4. The predicted molar refractivity (Wildman–Crippen MR) is 118 cm³/mol. The molecule has 0 radical (unpaired) electrons. The van der Waals surface area contributed by atoms with Crippen LogP contribution >= 0.6 is 15.9 Å². The molecule has 1 aliphatic rings. The van der Waals surface area contributed by atoms with Crippen LogP contribution < -0.4 is 10.3 Å². The molecule has 1 N–H and O–H groups in total. The molecule has 4 aromatic rings. The Labute approximate surface area is 180 Å². The number of halogens is 1. The predicted octanol–water partition coefficient (Wildman–Crippen LogP) is 5.32. The molecule has 5 rings (SSSR count). The van der Waals surface area contributed by atoms with Gasteiger partial charge in [0.2, 0.25) is 5.76 Å². The van der Waals surface area contributed by atoms with Crippen molar-refractivity contribution in [1.82, 2.24) is 0 Å². The van der Waals surface area contributed by atoms with Gasteiger partial charge in [0.25, 0.3) is 5.91 Å². The van der Waals surface area contributed by atoms with Crippen LogP contribution in [-0.2, 0) is 0 Å². The molecule has 0 saturated heterocycles. The summed E-state index contributed by atoms with van der Waals surface area (Å²) < 4.78 is 6.70. The Morgan fingerprint density at radius 1 is 1.00 bits per heavy atom. The summed E-state index contributed by atoms with van der Waals surface area (Å²) in [5.41, 5.74) is 2.81. The highest BCUT2D eigenvalue weighted by atomic mass is 79.9. The number of phenolic OH excluding ortho intramolecular Hbond substituents is 1. The number of fused-ring (bicyclic) bond motifs is 2. The zero-order valence-corrected chi connectivity index (χ0v) is 17.5. The number of aryl methyl sites for hydroxylation is 1. The van der Waals surface area contributed by atoms with Crippen molar-refractivity contribution in [1.29, 1.82) is 0 Å². The minimum atomic E-state index is -0.658. The van der Waals surface area contributed by atoms with E-state index in [0.29, 0.717) is 27.8 Å². The Morgan fingerprint density at radius 2 is 1.77 bits per heavy atom. The average molecular weight is 462 g/mol. The van der Waals surface area contributed by atoms with Crippen LogP contribution in [0.3, 0.4) is 0 Å². The van der Waals surface area contributed by atoms with Gasteiger partial charge in [0.05, 0.1) is 17.0 Å². The fraction of sp³-hybridized carbons (Fsp3) is 0.0833. The Morgan fingerprint density at radius 3 is 2.50 bits per heavy atom. The van der Waals surface area contributed by atoms with Crippen LogP contribution in [0.15, 0.2) is 80.4 Å². The lowest BCUT2D eigenvalue weighted by Gasteiger charge is -2.25. The van der Waals surface area contributed by atoms with Crippen molar-refractivity contribution in [3.63, 3.8) is 0 Å². The fourth-order valence-electron chi connectivity index (χ4n) is 3.96. The molecule has 1 unspecified atom stereocenters. The number of anilines is 1. The SMILES string of the molecule is Cc1cccc(N2C(=O)c3oc4ccc(Br)cc4c(=O)c3C2c2ccc(O)cc2)c1. The first-order valence-corrected chi connectivity index (χ1v) is 10.2. The average Bonchev–Trinajstić information content (AvgIpc) is 3.02. The summed E-state index contributed by atoms with van der Waals surface area (Å²) in [4.78, 5) is 28.5. The molecule has 3 aromatic carbocycles. The van der Waals surface area contributed by atoms with Crippen molar-refractivity contribution >= 4 is 38.5 Å². The van der Waals surface area contributed by atoms with Gasteiger partial charge in [-0.15, -0.1) is 0 Å². The molecule has 0 saturated carbocycles. The molecule has 5 nitrogen and oxygen atoms in total. The number of nitrogens with zero attached hydrogens (tertiary/aromatic N) is 1. The number of rotatable bonds is 2. The molecule has 30 heavy (non-hydrogen) atoms. The van der Waals surface area contributed by atoms with Gasteiger partial charge in [-0.25, -0.2) is 0 Å². The molecule has 1 aliphatic heterocycles. The standard InChI is InChI=1S/C24H16BrNO4/c1-13-3-2-4-16(11-13)26-21(14-5-8-17(27)9-6-14)20-22(28)18-12-15(25)7-10-19(18)30-23(20)24(26)29/h2-12,21,27H,1H3. The van der Waals surface area contributed by atoms with Crippen LogP contribution in [0.5, 0.6) is 5.75 Å². The molecule has 0 bridgehead atoms. The number of carbonyl (C=O) groups is 1. The van der Waals surface area contributed by atoms with Crippen molar-refractivity contribution in [3.05, 3.63) is 104 Å². The van der Waals surface area contributed by atoms with Gasteiger partial charge < -0.3 is 9.52 Å². The monoisotopic (exact) mass is 461 g/mol. The minimum Gasteiger partial charge on any atom is -0.508 e. The summed E-state index contributed by atoms with van der Waals surface area (Å²) in [5, 5.41) is 10.1. The number of benzene rings is 3. The Kier molecular flexibility index (Phi) is 4.25. The molecule has 1 aromatic heterocycles. The van der Waals surface area contributed by atoms with Crippen molar-refractivity contribution in [2.75, 3.05) is 4.90 Å². The Balaban J connectivity index is 1.83. The van der Waals surface area contributed by atoms with Crippen molar-refractivity contribution in [2.24, 2.45) is 0 Å². The largest absolute Gasteiger partial charge is 0.508 e. The van der Waals surface area contributed by atoms with E-state index in [1.165, 1.54) is 0 Å². The van der Waals surface area contributed by atoms with E-state index in [2.05, 4.69) is 15.9 Å². The number of aromatic hydroxyl groups is 1. The summed E-state index contributed by atoms with van der Waals surface area (Å²) in [5.74, 6) is -0.204. The Bertz CT molecular complexity index is 1370. The first kappa shape index (κ1) is 18.6. The van der Waals surface area contributed by atoms with Gasteiger partial charge in [0, 0.05) is 10.2 Å². The molecule has 2 heterocycles. The third-order valence-electron chi connectivity index (χ3n) is 5.32. The van der Waals surface area contributed by atoms with Crippen molar-refractivity contribution < 1.29 is 14.3 Å². The number of hydrogen-bond donors (Lipinski definition) is 1. The summed E-state index contributed by atoms with van der Waals surface area (Å²) in [6.45, 7) is 1.95. The van der Waals surface area contributed by atoms with Crippen LogP contribution in [0.1, 0.15) is 33.3 Å². The van der Waals surface area contributed by atoms with E-state index in [1.54, 1.807) is 47.4 Å². The Hall–Kier alpha value is -3.38. The zero-order valence-electron chi connectivity index (χ0n) is 15.9. The van der Waals surface area contributed by atoms with E-state index < -0.39 is 6.04 Å². The number of carbonyl (C=O) groups excluding carboxylic acids is 1. The van der Waals surface area contributed by atoms with Crippen LogP contribution in [-0.4, -0.2) is 11.0 Å². The molecule has 6 heteroatoms. The van der Waals surface area contributed by atoms with Crippen molar-refractivity contribution in [3.8, 4) is 5.75 Å². The molecule has 0 spiro atoms. The maximum atomic E-state index is 13.5. The van der Waals surface area contributed by atoms with Gasteiger partial charge >= 0.3 is 0 Å². The fourth-order valence-corrected chi connectivity index (χ4v) is 4.32. The molecule has 0 fully saturated rings. The maximum absolute atomic E-state index is 13.5. The van der Waals surface area contributed by atoms with Gasteiger partial charge in [0.15, 0.2) is 5.43 Å². The van der Waals surface area contributed by atoms with E-state index in [9.17, 15) is 14.7 Å². The maximum Gasteiger partial charge on any atom is 0.295 e. The van der Waals surface area contributed by atoms with Gasteiger partial charge in [-0.3, -0.25) is 14.5 Å². The van der Waals surface area contributed by atoms with Gasteiger partial charge in [0.1, 0.15) is 11.3 Å². The molecule has 0 aliphatic carbocycles. The van der Waals surface area contributed by atoms with Crippen LogP contribution in [0.25, 0.3) is 11.0 Å². The van der Waals surface area contributed by atoms with Crippen LogP contribution in [0, 0.1) is 6.92 Å². The number of phenols is 1. The lowest BCUT2D eigenvalue weighted by atomic mass is 9.98. The van der Waals surface area contributed by atoms with Gasteiger partial charge in [-0.2, -0.15) is 0 Å². The number of hydrogen-bond acceptors (Lipinski definition) is 4. The van der Waals surface area contributed by atoms with E-state index >= 15 is 0 Å². The smallest absolute Gasteiger partial charge is 0.295 e. The van der Waals surface area contributed by atoms with E-state index in [4.69, 9.17) is 4.42 Å². The summed E-state index contributed by atoms with van der Waals surface area (Å²) in [6.07, 6.45) is 0. The summed E-state index contributed by atoms with van der Waals surface area (Å²) in [6, 6.07) is 18.6. The third kappa shape index (κ3) is 2.83. The van der Waals surface area contributed by atoms with E-state index in [1.807, 2.05) is 31.2 Å². The van der Waals surface area contributed by atoms with Gasteiger partial charge in [-0.05, 0) is 60.5 Å². The van der Waals surface area contributed by atoms with Crippen molar-refractivity contribution in [2.45, 2.75) is 13.0 Å². The second-order valence-corrected chi connectivity index (χ2v) is 8.24. The molecule has 148 valence electrons.